The second-order valence-corrected chi connectivity index (χ2v) is 5.63. The highest BCUT2D eigenvalue weighted by Gasteiger charge is 2.28. The Labute approximate surface area is 166 Å². The van der Waals surface area contributed by atoms with Crippen molar-refractivity contribution in [2.45, 2.75) is 45.0 Å². The number of carboxylic acids is 1. The van der Waals surface area contributed by atoms with Crippen molar-refractivity contribution in [1.82, 2.24) is 5.32 Å². The smallest absolute Gasteiger partial charge is 0.430 e. The number of unbranched alkanes of at least 4 members (excludes halogenated alkanes) is 1. The molecule has 3 N–H and O–H groups in total. The fourth-order valence-corrected chi connectivity index (χ4v) is 1.82. The van der Waals surface area contributed by atoms with Gasteiger partial charge >= 0.3 is 18.2 Å². The summed E-state index contributed by atoms with van der Waals surface area (Å²) in [5.41, 5.74) is 6.61. The van der Waals surface area contributed by atoms with Gasteiger partial charge in [-0.2, -0.15) is 13.2 Å². The van der Waals surface area contributed by atoms with E-state index < -0.39 is 24.3 Å². The number of alkyl halides is 3. The largest absolute Gasteiger partial charge is 0.542 e. The fourth-order valence-electron chi connectivity index (χ4n) is 1.82. The van der Waals surface area contributed by atoms with E-state index in [9.17, 15) is 22.8 Å². The molecule has 0 radical (unpaired) electrons. The molecule has 1 amide bonds. The molecular formula is C18H24F3N2O6-. The van der Waals surface area contributed by atoms with Gasteiger partial charge in [0.15, 0.2) is 0 Å². The maximum absolute atomic E-state index is 11.5. The number of hydrogen-bond donors (Lipinski definition) is 2. The van der Waals surface area contributed by atoms with Crippen molar-refractivity contribution in [2.75, 3.05) is 13.2 Å². The fraction of sp³-hybridized carbons (Fsp3) is 0.500. The molecule has 0 aliphatic carbocycles. The van der Waals surface area contributed by atoms with E-state index in [2.05, 4.69) is 5.32 Å². The third-order valence-electron chi connectivity index (χ3n) is 3.24. The van der Waals surface area contributed by atoms with Crippen LogP contribution in [0.1, 0.15) is 31.7 Å². The average Bonchev–Trinajstić information content (AvgIpc) is 2.66. The van der Waals surface area contributed by atoms with Crippen LogP contribution >= 0.6 is 0 Å². The molecule has 0 saturated heterocycles. The highest BCUT2D eigenvalue weighted by atomic mass is 19.4. The standard InChI is InChI=1S/C16H24N2O4.C2HF3O2/c1-2-21-15(19)14(17)10-6-7-11-18-16(20)22-12-13-8-4-3-5-9-13;3-2(4,5)1(6)7/h3-5,8-9,14H,2,6-7,10-12,17H2,1H3,(H,18,20);(H,6,7)/p-1. The van der Waals surface area contributed by atoms with E-state index in [0.29, 0.717) is 19.6 Å². The molecule has 1 aromatic rings. The predicted octanol–water partition coefficient (Wildman–Crippen LogP) is 1.27. The van der Waals surface area contributed by atoms with Crippen LogP contribution in [-0.2, 0) is 25.7 Å². The van der Waals surface area contributed by atoms with E-state index in [1.165, 1.54) is 0 Å². The Morgan fingerprint density at radius 2 is 1.72 bits per heavy atom. The zero-order chi connectivity index (χ0) is 22.3. The van der Waals surface area contributed by atoms with Gasteiger partial charge in [0.25, 0.3) is 0 Å². The molecular weight excluding hydrogens is 397 g/mol. The molecule has 0 saturated carbocycles. The second-order valence-electron chi connectivity index (χ2n) is 5.63. The molecule has 11 heteroatoms. The summed E-state index contributed by atoms with van der Waals surface area (Å²) in [6.07, 6.45) is -3.63. The van der Waals surface area contributed by atoms with Crippen molar-refractivity contribution in [3.05, 3.63) is 35.9 Å². The lowest BCUT2D eigenvalue weighted by Crippen LogP contribution is -2.37. The van der Waals surface area contributed by atoms with Gasteiger partial charge in [-0.3, -0.25) is 4.79 Å². The summed E-state index contributed by atoms with van der Waals surface area (Å²) >= 11 is 0. The minimum Gasteiger partial charge on any atom is -0.542 e. The molecule has 8 nitrogen and oxygen atoms in total. The van der Waals surface area contributed by atoms with E-state index in [0.717, 1.165) is 18.4 Å². The number of amides is 1. The lowest BCUT2D eigenvalue weighted by molar-refractivity contribution is -0.344. The van der Waals surface area contributed by atoms with Crippen molar-refractivity contribution in [2.24, 2.45) is 5.73 Å². The molecule has 29 heavy (non-hydrogen) atoms. The number of esters is 1. The number of nitrogens with one attached hydrogen (secondary N) is 1. The Morgan fingerprint density at radius 1 is 1.14 bits per heavy atom. The predicted molar refractivity (Wildman–Crippen MR) is 94.2 cm³/mol. The maximum atomic E-state index is 11.5. The molecule has 1 unspecified atom stereocenters. The third kappa shape index (κ3) is 13.9. The van der Waals surface area contributed by atoms with Crippen LogP contribution in [0.25, 0.3) is 0 Å². The van der Waals surface area contributed by atoms with Crippen molar-refractivity contribution in [3.63, 3.8) is 0 Å². The minimum absolute atomic E-state index is 0.250. The van der Waals surface area contributed by atoms with E-state index in [1.807, 2.05) is 30.3 Å². The zero-order valence-electron chi connectivity index (χ0n) is 15.9. The molecule has 0 spiro atoms. The van der Waals surface area contributed by atoms with Crippen LogP contribution in [0.15, 0.2) is 30.3 Å². The number of carboxylic acid groups (broad SMARTS) is 1. The lowest BCUT2D eigenvalue weighted by Gasteiger charge is -2.10. The topological polar surface area (TPSA) is 131 Å². The Kier molecular flexibility index (Phi) is 12.8. The Balaban J connectivity index is 0.000000956. The summed E-state index contributed by atoms with van der Waals surface area (Å²) in [5.74, 6) is -3.38. The maximum Gasteiger partial charge on any atom is 0.430 e. The highest BCUT2D eigenvalue weighted by molar-refractivity contribution is 5.75. The summed E-state index contributed by atoms with van der Waals surface area (Å²) in [6, 6.07) is 8.89. The van der Waals surface area contributed by atoms with Crippen molar-refractivity contribution >= 4 is 18.0 Å². The van der Waals surface area contributed by atoms with E-state index in [4.69, 9.17) is 25.1 Å². The molecule has 1 rings (SSSR count). The van der Waals surface area contributed by atoms with Gasteiger partial charge in [0.05, 0.1) is 6.61 Å². The van der Waals surface area contributed by atoms with Gasteiger partial charge in [-0.25, -0.2) is 4.79 Å². The summed E-state index contributed by atoms with van der Waals surface area (Å²) in [4.78, 5) is 31.6. The van der Waals surface area contributed by atoms with Crippen LogP contribution in [-0.4, -0.2) is 43.4 Å². The molecule has 1 aromatic carbocycles. The molecule has 0 fully saturated rings. The number of rotatable bonds is 9. The highest BCUT2D eigenvalue weighted by Crippen LogP contribution is 2.11. The van der Waals surface area contributed by atoms with Gasteiger partial charge in [-0.1, -0.05) is 30.3 Å². The van der Waals surface area contributed by atoms with Gasteiger partial charge in [0.2, 0.25) is 0 Å². The number of hydrogen-bond acceptors (Lipinski definition) is 7. The summed E-state index contributed by atoms with van der Waals surface area (Å²) in [5, 5.41) is 11.4. The first-order valence-electron chi connectivity index (χ1n) is 8.72. The van der Waals surface area contributed by atoms with Crippen LogP contribution < -0.4 is 16.2 Å². The number of halogens is 3. The van der Waals surface area contributed by atoms with Crippen LogP contribution in [0.4, 0.5) is 18.0 Å². The first kappa shape index (κ1) is 26.2. The molecule has 0 bridgehead atoms. The molecule has 0 aliphatic heterocycles. The second kappa shape index (κ2) is 14.2. The number of aliphatic carboxylic acids is 1. The van der Waals surface area contributed by atoms with Crippen molar-refractivity contribution in [1.29, 1.82) is 0 Å². The van der Waals surface area contributed by atoms with E-state index in [-0.39, 0.29) is 12.6 Å². The molecule has 0 aliphatic rings. The number of benzene rings is 1. The summed E-state index contributed by atoms with van der Waals surface area (Å²) < 4.78 is 41.4. The average molecular weight is 421 g/mol. The zero-order valence-corrected chi connectivity index (χ0v) is 15.9. The van der Waals surface area contributed by atoms with Crippen LogP contribution in [0.5, 0.6) is 0 Å². The Bertz CT molecular complexity index is 626. The van der Waals surface area contributed by atoms with E-state index in [1.54, 1.807) is 6.92 Å². The lowest BCUT2D eigenvalue weighted by atomic mass is 10.1. The quantitative estimate of drug-likeness (QED) is 0.453. The monoisotopic (exact) mass is 421 g/mol. The van der Waals surface area contributed by atoms with Gasteiger partial charge in [-0.05, 0) is 31.7 Å². The van der Waals surface area contributed by atoms with Crippen molar-refractivity contribution < 1.29 is 42.1 Å². The van der Waals surface area contributed by atoms with Gasteiger partial charge in [0, 0.05) is 6.54 Å². The van der Waals surface area contributed by atoms with Crippen LogP contribution in [0.3, 0.4) is 0 Å². The molecule has 0 heterocycles. The van der Waals surface area contributed by atoms with Gasteiger partial charge < -0.3 is 30.4 Å². The molecule has 0 aromatic heterocycles. The number of ether oxygens (including phenoxy) is 2. The number of carbonyl (C=O) groups is 3. The Hall–Kier alpha value is -2.82. The Morgan fingerprint density at radius 3 is 2.24 bits per heavy atom. The van der Waals surface area contributed by atoms with Gasteiger partial charge in [0.1, 0.15) is 18.6 Å². The van der Waals surface area contributed by atoms with Crippen LogP contribution in [0, 0.1) is 0 Å². The molecule has 164 valence electrons. The van der Waals surface area contributed by atoms with Crippen LogP contribution in [0.2, 0.25) is 0 Å². The minimum atomic E-state index is -5.19. The summed E-state index contributed by atoms with van der Waals surface area (Å²) in [6.45, 7) is 2.82. The van der Waals surface area contributed by atoms with E-state index >= 15 is 0 Å². The van der Waals surface area contributed by atoms with Gasteiger partial charge in [-0.15, -0.1) is 0 Å². The third-order valence-corrected chi connectivity index (χ3v) is 3.24. The SMILES string of the molecule is CCOC(=O)C(N)CCCCNC(=O)OCc1ccccc1.O=C([O-])C(F)(F)F. The van der Waals surface area contributed by atoms with Crippen molar-refractivity contribution in [3.8, 4) is 0 Å². The molecule has 1 atom stereocenters. The number of nitrogens with two attached hydrogens (primary N) is 1. The first-order valence-corrected chi connectivity index (χ1v) is 8.72. The number of alkyl carbamates (subject to hydrolysis) is 1. The first-order chi connectivity index (χ1) is 13.6. The normalized spacial score (nSPS) is 11.5. The summed E-state index contributed by atoms with van der Waals surface area (Å²) in [7, 11) is 0. The number of carbonyl (C=O) groups excluding carboxylic acids is 3.